The van der Waals surface area contributed by atoms with Crippen LogP contribution < -0.4 is 10.6 Å². The van der Waals surface area contributed by atoms with E-state index in [-0.39, 0.29) is 0 Å². The van der Waals surface area contributed by atoms with Crippen LogP contribution in [0.3, 0.4) is 0 Å². The normalized spacial score (nSPS) is 11.6. The monoisotopic (exact) mass is 428 g/mol. The minimum absolute atomic E-state index is 0.406. The molecule has 4 rings (SSSR count). The number of hydrogen-bond donors (Lipinski definition) is 2. The molecule has 3 amide bonds. The third-order valence-electron chi connectivity index (χ3n) is 4.63. The summed E-state index contributed by atoms with van der Waals surface area (Å²) in [6.07, 6.45) is 0. The van der Waals surface area contributed by atoms with Gasteiger partial charge in [-0.05, 0) is 19.1 Å². The Morgan fingerprint density at radius 2 is 1.42 bits per heavy atom. The third kappa shape index (κ3) is 4.90. The minimum Gasteiger partial charge on any atom is -0.308 e. The van der Waals surface area contributed by atoms with Gasteiger partial charge < -0.3 is 5.32 Å². The lowest BCUT2D eigenvalue weighted by Crippen LogP contribution is -2.38. The number of para-hydroxylation sites is 1. The average molecular weight is 429 g/mol. The molecule has 6 nitrogen and oxygen atoms in total. The summed E-state index contributed by atoms with van der Waals surface area (Å²) in [6, 6.07) is 26.1. The number of imide groups is 1. The summed E-state index contributed by atoms with van der Waals surface area (Å²) in [5.74, 6) is -0.406. The molecule has 0 fully saturated rings. The van der Waals surface area contributed by atoms with E-state index in [0.717, 1.165) is 22.0 Å². The number of anilines is 1. The van der Waals surface area contributed by atoms with Crippen molar-refractivity contribution in [1.82, 2.24) is 15.5 Å². The number of benzene rings is 3. The van der Waals surface area contributed by atoms with E-state index in [0.29, 0.717) is 10.7 Å². The van der Waals surface area contributed by atoms with Gasteiger partial charge in [0.15, 0.2) is 0 Å². The molecular formula is C24H20N4O2S. The van der Waals surface area contributed by atoms with Crippen molar-refractivity contribution in [2.75, 3.05) is 5.32 Å². The van der Waals surface area contributed by atoms with Crippen LogP contribution in [0, 0.1) is 0 Å². The molecule has 1 heterocycles. The van der Waals surface area contributed by atoms with Gasteiger partial charge in [-0.2, -0.15) is 0 Å². The van der Waals surface area contributed by atoms with Crippen LogP contribution in [0.15, 0.2) is 90.0 Å². The maximum atomic E-state index is 12.5. The first-order chi connectivity index (χ1) is 15.1. The maximum Gasteiger partial charge on any atom is 0.325 e. The molecule has 0 radical (unpaired) electrons. The Kier molecular flexibility index (Phi) is 6.24. The number of carbonyl (C=O) groups is 2. The second-order valence-corrected chi connectivity index (χ2v) is 8.16. The van der Waals surface area contributed by atoms with Crippen molar-refractivity contribution in [3.05, 3.63) is 84.9 Å². The molecule has 0 aliphatic heterocycles. The Bertz CT molecular complexity index is 1220. The first-order valence-corrected chi connectivity index (χ1v) is 10.6. The van der Waals surface area contributed by atoms with E-state index in [1.807, 2.05) is 60.7 Å². The van der Waals surface area contributed by atoms with E-state index in [1.165, 1.54) is 11.8 Å². The smallest absolute Gasteiger partial charge is 0.308 e. The van der Waals surface area contributed by atoms with Gasteiger partial charge in [-0.25, -0.2) is 4.79 Å². The van der Waals surface area contributed by atoms with Crippen molar-refractivity contribution in [3.8, 4) is 11.3 Å². The third-order valence-corrected chi connectivity index (χ3v) is 5.72. The van der Waals surface area contributed by atoms with Crippen LogP contribution in [0.1, 0.15) is 6.92 Å². The Balaban J connectivity index is 1.50. The standard InChI is InChI=1S/C24H20N4O2S/c1-16(22(29)26-24(30)25-18-12-6-3-7-13-18)31-23-20-15-9-8-14-19(20)21(27-28-23)17-10-4-2-5-11-17/h2-16H,1H3,(H2,25,26,29,30). The number of rotatable bonds is 5. The van der Waals surface area contributed by atoms with Gasteiger partial charge in [0.1, 0.15) is 10.7 Å². The van der Waals surface area contributed by atoms with E-state index in [1.54, 1.807) is 31.2 Å². The quantitative estimate of drug-likeness (QED) is 0.431. The molecular weight excluding hydrogens is 408 g/mol. The van der Waals surface area contributed by atoms with Gasteiger partial charge in [0.25, 0.3) is 0 Å². The molecule has 0 saturated carbocycles. The van der Waals surface area contributed by atoms with E-state index in [2.05, 4.69) is 20.8 Å². The molecule has 4 aromatic rings. The van der Waals surface area contributed by atoms with Crippen LogP contribution in [0.2, 0.25) is 0 Å². The highest BCUT2D eigenvalue weighted by Crippen LogP contribution is 2.33. The van der Waals surface area contributed by atoms with Gasteiger partial charge >= 0.3 is 6.03 Å². The lowest BCUT2D eigenvalue weighted by molar-refractivity contribution is -0.119. The van der Waals surface area contributed by atoms with Gasteiger partial charge in [0.05, 0.1) is 5.25 Å². The summed E-state index contributed by atoms with van der Waals surface area (Å²) >= 11 is 1.27. The van der Waals surface area contributed by atoms with Gasteiger partial charge in [-0.3, -0.25) is 10.1 Å². The van der Waals surface area contributed by atoms with E-state index < -0.39 is 17.2 Å². The number of amides is 3. The molecule has 0 spiro atoms. The molecule has 2 N–H and O–H groups in total. The number of nitrogens with zero attached hydrogens (tertiary/aromatic N) is 2. The lowest BCUT2D eigenvalue weighted by Gasteiger charge is -2.13. The summed E-state index contributed by atoms with van der Waals surface area (Å²) < 4.78 is 0. The van der Waals surface area contributed by atoms with E-state index >= 15 is 0 Å². The molecule has 0 saturated heterocycles. The fraction of sp³-hybridized carbons (Fsp3) is 0.0833. The van der Waals surface area contributed by atoms with Crippen LogP contribution in [-0.4, -0.2) is 27.4 Å². The number of nitrogens with one attached hydrogen (secondary N) is 2. The van der Waals surface area contributed by atoms with Crippen LogP contribution in [0.5, 0.6) is 0 Å². The van der Waals surface area contributed by atoms with Crippen LogP contribution in [0.25, 0.3) is 22.0 Å². The van der Waals surface area contributed by atoms with Crippen LogP contribution in [-0.2, 0) is 4.79 Å². The predicted octanol–water partition coefficient (Wildman–Crippen LogP) is 5.13. The van der Waals surface area contributed by atoms with Crippen molar-refractivity contribution in [1.29, 1.82) is 0 Å². The minimum atomic E-state index is -0.570. The summed E-state index contributed by atoms with van der Waals surface area (Å²) in [5.41, 5.74) is 2.38. The summed E-state index contributed by atoms with van der Waals surface area (Å²) in [5, 5.41) is 15.8. The molecule has 1 unspecified atom stereocenters. The molecule has 31 heavy (non-hydrogen) atoms. The first kappa shape index (κ1) is 20.6. The Morgan fingerprint density at radius 1 is 0.806 bits per heavy atom. The molecule has 1 aromatic heterocycles. The van der Waals surface area contributed by atoms with Crippen molar-refractivity contribution in [3.63, 3.8) is 0 Å². The van der Waals surface area contributed by atoms with Crippen LogP contribution >= 0.6 is 11.8 Å². The number of hydrogen-bond acceptors (Lipinski definition) is 5. The zero-order valence-corrected chi connectivity index (χ0v) is 17.6. The Morgan fingerprint density at radius 3 is 2.13 bits per heavy atom. The average Bonchev–Trinajstić information content (AvgIpc) is 2.80. The summed E-state index contributed by atoms with van der Waals surface area (Å²) in [4.78, 5) is 24.6. The number of aromatic nitrogens is 2. The highest BCUT2D eigenvalue weighted by atomic mass is 32.2. The van der Waals surface area contributed by atoms with Gasteiger partial charge in [0, 0.05) is 22.0 Å². The predicted molar refractivity (Wildman–Crippen MR) is 124 cm³/mol. The summed E-state index contributed by atoms with van der Waals surface area (Å²) in [6.45, 7) is 1.73. The molecule has 0 aliphatic rings. The van der Waals surface area contributed by atoms with Gasteiger partial charge in [-0.15, -0.1) is 10.2 Å². The Labute approximate surface area is 184 Å². The second-order valence-electron chi connectivity index (χ2n) is 6.83. The fourth-order valence-corrected chi connectivity index (χ4v) is 3.99. The molecule has 1 atom stereocenters. The molecule has 0 aliphatic carbocycles. The van der Waals surface area contributed by atoms with Gasteiger partial charge in [-0.1, -0.05) is 84.6 Å². The second kappa shape index (κ2) is 9.40. The molecule has 3 aromatic carbocycles. The number of urea groups is 1. The van der Waals surface area contributed by atoms with Crippen molar-refractivity contribution in [2.24, 2.45) is 0 Å². The highest BCUT2D eigenvalue weighted by molar-refractivity contribution is 8.00. The van der Waals surface area contributed by atoms with E-state index in [9.17, 15) is 9.59 Å². The SMILES string of the molecule is CC(Sc1nnc(-c2ccccc2)c2ccccc12)C(=O)NC(=O)Nc1ccccc1. The lowest BCUT2D eigenvalue weighted by atomic mass is 10.1. The summed E-state index contributed by atoms with van der Waals surface area (Å²) in [7, 11) is 0. The zero-order valence-electron chi connectivity index (χ0n) is 16.8. The van der Waals surface area contributed by atoms with E-state index in [4.69, 9.17) is 0 Å². The number of thioether (sulfide) groups is 1. The van der Waals surface area contributed by atoms with Crippen molar-refractivity contribution in [2.45, 2.75) is 17.2 Å². The largest absolute Gasteiger partial charge is 0.325 e. The highest BCUT2D eigenvalue weighted by Gasteiger charge is 2.20. The molecule has 0 bridgehead atoms. The fourth-order valence-electron chi connectivity index (χ4n) is 3.09. The van der Waals surface area contributed by atoms with Crippen molar-refractivity contribution < 1.29 is 9.59 Å². The van der Waals surface area contributed by atoms with Gasteiger partial charge in [0.2, 0.25) is 5.91 Å². The van der Waals surface area contributed by atoms with Crippen LogP contribution in [0.4, 0.5) is 10.5 Å². The maximum absolute atomic E-state index is 12.5. The first-order valence-electron chi connectivity index (χ1n) is 9.76. The Hall–Kier alpha value is -3.71. The number of fused-ring (bicyclic) bond motifs is 1. The molecule has 7 heteroatoms. The molecule has 154 valence electrons. The topological polar surface area (TPSA) is 84.0 Å². The zero-order chi connectivity index (χ0) is 21.6. The van der Waals surface area contributed by atoms with Crippen molar-refractivity contribution >= 4 is 40.2 Å². The number of carbonyl (C=O) groups excluding carboxylic acids is 2.